The number of rotatable bonds is 2. The third kappa shape index (κ3) is 2.43. The average Bonchev–Trinajstić information content (AvgIpc) is 2.86. The fourth-order valence-corrected chi connectivity index (χ4v) is 3.59. The van der Waals surface area contributed by atoms with Gasteiger partial charge in [0.2, 0.25) is 0 Å². The van der Waals surface area contributed by atoms with Gasteiger partial charge in [-0.3, -0.25) is 0 Å². The Morgan fingerprint density at radius 2 is 1.36 bits per heavy atom. The first kappa shape index (κ1) is 14.2. The standard InChI is InChI=1S/C18H13NO2S/c1-11-17(12-2-6-14(20)7-3-12)16(10-19)22-18(11)13-4-8-15(21)9-5-13/h2-9,20-21H,1H3. The molecule has 0 radical (unpaired) electrons. The van der Waals surface area contributed by atoms with E-state index in [1.165, 1.54) is 11.3 Å². The summed E-state index contributed by atoms with van der Waals surface area (Å²) in [5.41, 5.74) is 3.81. The smallest absolute Gasteiger partial charge is 0.115 e. The van der Waals surface area contributed by atoms with Crippen LogP contribution in [-0.2, 0) is 0 Å². The van der Waals surface area contributed by atoms with Gasteiger partial charge in [0.25, 0.3) is 0 Å². The van der Waals surface area contributed by atoms with E-state index in [-0.39, 0.29) is 11.5 Å². The molecule has 0 aliphatic heterocycles. The van der Waals surface area contributed by atoms with E-state index in [1.807, 2.05) is 31.2 Å². The molecule has 0 saturated heterocycles. The first-order chi connectivity index (χ1) is 10.6. The van der Waals surface area contributed by atoms with Crippen LogP contribution in [0.2, 0.25) is 0 Å². The van der Waals surface area contributed by atoms with Gasteiger partial charge in [-0.15, -0.1) is 11.3 Å². The van der Waals surface area contributed by atoms with Crippen molar-refractivity contribution in [2.24, 2.45) is 0 Å². The van der Waals surface area contributed by atoms with Crippen LogP contribution >= 0.6 is 11.3 Å². The zero-order chi connectivity index (χ0) is 15.7. The molecule has 1 heterocycles. The van der Waals surface area contributed by atoms with Crippen molar-refractivity contribution in [3.63, 3.8) is 0 Å². The normalized spacial score (nSPS) is 10.4. The highest BCUT2D eigenvalue weighted by atomic mass is 32.1. The molecular formula is C18H13NO2S. The number of hydrogen-bond acceptors (Lipinski definition) is 4. The average molecular weight is 307 g/mol. The summed E-state index contributed by atoms with van der Waals surface area (Å²) in [4.78, 5) is 1.66. The Kier molecular flexibility index (Phi) is 3.58. The minimum atomic E-state index is 0.203. The first-order valence-electron chi connectivity index (χ1n) is 6.72. The fraction of sp³-hybridized carbons (Fsp3) is 0.0556. The van der Waals surface area contributed by atoms with E-state index in [1.54, 1.807) is 24.3 Å². The van der Waals surface area contributed by atoms with Crippen LogP contribution in [0.5, 0.6) is 11.5 Å². The highest BCUT2D eigenvalue weighted by Gasteiger charge is 2.17. The SMILES string of the molecule is Cc1c(-c2ccc(O)cc2)sc(C#N)c1-c1ccc(O)cc1. The number of aromatic hydroxyl groups is 2. The Bertz CT molecular complexity index is 856. The number of benzene rings is 2. The van der Waals surface area contributed by atoms with E-state index >= 15 is 0 Å². The summed E-state index contributed by atoms with van der Waals surface area (Å²) in [7, 11) is 0. The first-order valence-corrected chi connectivity index (χ1v) is 7.54. The molecule has 0 aliphatic carbocycles. The zero-order valence-electron chi connectivity index (χ0n) is 11.9. The second kappa shape index (κ2) is 5.55. The van der Waals surface area contributed by atoms with Gasteiger partial charge < -0.3 is 10.2 Å². The van der Waals surface area contributed by atoms with Gasteiger partial charge in [-0.2, -0.15) is 5.26 Å². The molecule has 0 unspecified atom stereocenters. The van der Waals surface area contributed by atoms with Crippen molar-refractivity contribution < 1.29 is 10.2 Å². The Morgan fingerprint density at radius 3 is 1.86 bits per heavy atom. The van der Waals surface area contributed by atoms with Gasteiger partial charge in [-0.05, 0) is 60.0 Å². The van der Waals surface area contributed by atoms with Gasteiger partial charge in [-0.1, -0.05) is 12.1 Å². The monoisotopic (exact) mass is 307 g/mol. The number of phenols is 2. The van der Waals surface area contributed by atoms with E-state index in [9.17, 15) is 15.5 Å². The Morgan fingerprint density at radius 1 is 0.864 bits per heavy atom. The van der Waals surface area contributed by atoms with Gasteiger partial charge in [0, 0.05) is 10.4 Å². The summed E-state index contributed by atoms with van der Waals surface area (Å²) >= 11 is 1.44. The number of hydrogen-bond donors (Lipinski definition) is 2. The minimum absolute atomic E-state index is 0.203. The van der Waals surface area contributed by atoms with E-state index in [0.29, 0.717) is 4.88 Å². The van der Waals surface area contributed by atoms with Gasteiger partial charge in [0.15, 0.2) is 0 Å². The molecule has 0 saturated carbocycles. The van der Waals surface area contributed by atoms with Crippen LogP contribution in [0.15, 0.2) is 48.5 Å². The summed E-state index contributed by atoms with van der Waals surface area (Å²) in [6, 6.07) is 16.1. The molecule has 1 aromatic heterocycles. The molecule has 0 spiro atoms. The van der Waals surface area contributed by atoms with Gasteiger partial charge in [-0.25, -0.2) is 0 Å². The summed E-state index contributed by atoms with van der Waals surface area (Å²) < 4.78 is 0. The van der Waals surface area contributed by atoms with Crippen molar-refractivity contribution >= 4 is 11.3 Å². The molecule has 0 bridgehead atoms. The minimum Gasteiger partial charge on any atom is -0.508 e. The largest absolute Gasteiger partial charge is 0.508 e. The third-order valence-electron chi connectivity index (χ3n) is 3.53. The van der Waals surface area contributed by atoms with Crippen molar-refractivity contribution in [2.75, 3.05) is 0 Å². The van der Waals surface area contributed by atoms with Crippen molar-refractivity contribution in [3.8, 4) is 39.1 Å². The van der Waals surface area contributed by atoms with E-state index < -0.39 is 0 Å². The highest BCUT2D eigenvalue weighted by molar-refractivity contribution is 7.16. The maximum absolute atomic E-state index is 9.43. The number of thiophene rings is 1. The lowest BCUT2D eigenvalue weighted by atomic mass is 9.99. The van der Waals surface area contributed by atoms with Crippen molar-refractivity contribution in [2.45, 2.75) is 6.92 Å². The molecule has 0 atom stereocenters. The third-order valence-corrected chi connectivity index (χ3v) is 4.78. The Labute approximate surface area is 132 Å². The molecule has 4 heteroatoms. The van der Waals surface area contributed by atoms with Crippen LogP contribution in [0, 0.1) is 18.3 Å². The van der Waals surface area contributed by atoms with Gasteiger partial charge in [0.05, 0.1) is 0 Å². The van der Waals surface area contributed by atoms with Crippen LogP contribution in [0.3, 0.4) is 0 Å². The van der Waals surface area contributed by atoms with E-state index in [0.717, 1.165) is 27.1 Å². The van der Waals surface area contributed by atoms with Crippen LogP contribution in [0.1, 0.15) is 10.4 Å². The summed E-state index contributed by atoms with van der Waals surface area (Å²) in [6.45, 7) is 1.99. The van der Waals surface area contributed by atoms with E-state index in [4.69, 9.17) is 0 Å². The van der Waals surface area contributed by atoms with Crippen LogP contribution in [-0.4, -0.2) is 10.2 Å². The summed E-state index contributed by atoms with van der Waals surface area (Å²) in [5, 5.41) is 28.3. The molecule has 108 valence electrons. The zero-order valence-corrected chi connectivity index (χ0v) is 12.7. The van der Waals surface area contributed by atoms with Gasteiger partial charge >= 0.3 is 0 Å². The van der Waals surface area contributed by atoms with Crippen molar-refractivity contribution in [1.29, 1.82) is 5.26 Å². The highest BCUT2D eigenvalue weighted by Crippen LogP contribution is 2.41. The molecule has 3 rings (SSSR count). The number of nitriles is 1. The maximum Gasteiger partial charge on any atom is 0.115 e. The molecule has 0 fully saturated rings. The lowest BCUT2D eigenvalue weighted by Crippen LogP contribution is -1.82. The molecule has 3 nitrogen and oxygen atoms in total. The lowest BCUT2D eigenvalue weighted by molar-refractivity contribution is 0.475. The Hall–Kier alpha value is -2.77. The molecule has 22 heavy (non-hydrogen) atoms. The molecule has 2 N–H and O–H groups in total. The van der Waals surface area contributed by atoms with E-state index in [2.05, 4.69) is 6.07 Å². The molecule has 3 aromatic rings. The second-order valence-corrected chi connectivity index (χ2v) is 5.99. The van der Waals surface area contributed by atoms with Gasteiger partial charge in [0.1, 0.15) is 22.4 Å². The molecule has 0 aliphatic rings. The van der Waals surface area contributed by atoms with Crippen LogP contribution in [0.25, 0.3) is 21.6 Å². The quantitative estimate of drug-likeness (QED) is 0.723. The summed E-state index contributed by atoms with van der Waals surface area (Å²) in [5.74, 6) is 0.422. The van der Waals surface area contributed by atoms with Crippen LogP contribution in [0.4, 0.5) is 0 Å². The van der Waals surface area contributed by atoms with Crippen molar-refractivity contribution in [3.05, 3.63) is 59.0 Å². The maximum atomic E-state index is 9.43. The number of phenolic OH excluding ortho intramolecular Hbond substituents is 2. The summed E-state index contributed by atoms with van der Waals surface area (Å²) in [6.07, 6.45) is 0. The molecule has 0 amide bonds. The molecular weight excluding hydrogens is 294 g/mol. The lowest BCUT2D eigenvalue weighted by Gasteiger charge is -2.04. The predicted octanol–water partition coefficient (Wildman–Crippen LogP) is 4.67. The molecule has 2 aromatic carbocycles. The predicted molar refractivity (Wildman–Crippen MR) is 88.0 cm³/mol. The van der Waals surface area contributed by atoms with Crippen LogP contribution < -0.4 is 0 Å². The second-order valence-electron chi connectivity index (χ2n) is 4.97. The fourth-order valence-electron chi connectivity index (χ4n) is 2.46. The topological polar surface area (TPSA) is 64.2 Å². The number of nitrogens with zero attached hydrogens (tertiary/aromatic N) is 1. The van der Waals surface area contributed by atoms with Crippen molar-refractivity contribution in [1.82, 2.24) is 0 Å². The Balaban J connectivity index is 2.18.